The first-order chi connectivity index (χ1) is 10.8. The fourth-order valence-corrected chi connectivity index (χ4v) is 3.49. The Labute approximate surface area is 139 Å². The Kier molecular flexibility index (Phi) is 5.89. The van der Waals surface area contributed by atoms with Crippen molar-refractivity contribution in [2.75, 3.05) is 13.1 Å². The Hall–Kier alpha value is -1.30. The molecule has 1 aliphatic carbocycles. The molecule has 0 bridgehead atoms. The molecule has 0 aromatic carbocycles. The number of rotatable bonds is 4. The quantitative estimate of drug-likeness (QED) is 0.828. The van der Waals surface area contributed by atoms with Crippen LogP contribution < -0.4 is 11.1 Å². The molecule has 2 amide bonds. The van der Waals surface area contributed by atoms with Crippen molar-refractivity contribution < 1.29 is 14.3 Å². The molecule has 1 saturated carbocycles. The van der Waals surface area contributed by atoms with E-state index >= 15 is 0 Å². The first kappa shape index (κ1) is 18.0. The molecule has 2 fully saturated rings. The highest BCUT2D eigenvalue weighted by molar-refractivity contribution is 5.76. The zero-order valence-electron chi connectivity index (χ0n) is 14.6. The summed E-state index contributed by atoms with van der Waals surface area (Å²) >= 11 is 0. The molecular weight excluding hydrogens is 294 g/mol. The lowest BCUT2D eigenvalue weighted by Gasteiger charge is -2.31. The lowest BCUT2D eigenvalue weighted by molar-refractivity contribution is -0.122. The third-order valence-electron chi connectivity index (χ3n) is 4.78. The molecule has 1 unspecified atom stereocenters. The van der Waals surface area contributed by atoms with Crippen molar-refractivity contribution in [1.29, 1.82) is 0 Å². The van der Waals surface area contributed by atoms with Gasteiger partial charge in [-0.1, -0.05) is 0 Å². The number of likely N-dealkylation sites (tertiary alicyclic amines) is 1. The molecule has 0 spiro atoms. The van der Waals surface area contributed by atoms with E-state index in [0.29, 0.717) is 6.04 Å². The van der Waals surface area contributed by atoms with Crippen molar-refractivity contribution in [1.82, 2.24) is 10.2 Å². The van der Waals surface area contributed by atoms with Gasteiger partial charge in [-0.25, -0.2) is 4.79 Å². The molecule has 0 aromatic heterocycles. The predicted molar refractivity (Wildman–Crippen MR) is 88.9 cm³/mol. The van der Waals surface area contributed by atoms with Gasteiger partial charge in [0.15, 0.2) is 0 Å². The van der Waals surface area contributed by atoms with E-state index in [9.17, 15) is 9.59 Å². The average molecular weight is 325 g/mol. The minimum Gasteiger partial charge on any atom is -0.444 e. The topological polar surface area (TPSA) is 84.7 Å². The fourth-order valence-electron chi connectivity index (χ4n) is 3.49. The van der Waals surface area contributed by atoms with E-state index in [-0.39, 0.29) is 24.0 Å². The van der Waals surface area contributed by atoms with Gasteiger partial charge in [0.25, 0.3) is 0 Å². The van der Waals surface area contributed by atoms with Crippen LogP contribution >= 0.6 is 0 Å². The standard InChI is InChI=1S/C17H31N3O3/c1-17(2,3)23-16(22)20-10-4-5-14(20)11-19-13-8-6-12(7-9-13)15(18)21/h12-14,19H,4-11H2,1-3H3,(H2,18,21). The maximum Gasteiger partial charge on any atom is 0.410 e. The van der Waals surface area contributed by atoms with Crippen LogP contribution in [0.3, 0.4) is 0 Å². The number of nitrogens with zero attached hydrogens (tertiary/aromatic N) is 1. The van der Waals surface area contributed by atoms with Crippen molar-refractivity contribution in [2.45, 2.75) is 77.0 Å². The fraction of sp³-hybridized carbons (Fsp3) is 0.882. The first-order valence-electron chi connectivity index (χ1n) is 8.78. The number of amides is 2. The van der Waals surface area contributed by atoms with Gasteiger partial charge in [-0.3, -0.25) is 4.79 Å². The van der Waals surface area contributed by atoms with Gasteiger partial charge in [0.05, 0.1) is 0 Å². The van der Waals surface area contributed by atoms with E-state index in [1.807, 2.05) is 25.7 Å². The molecule has 132 valence electrons. The van der Waals surface area contributed by atoms with Crippen molar-refractivity contribution >= 4 is 12.0 Å². The minimum absolute atomic E-state index is 0.0396. The second-order valence-corrected chi connectivity index (χ2v) is 7.83. The minimum atomic E-state index is -0.454. The number of carbonyl (C=O) groups is 2. The van der Waals surface area contributed by atoms with E-state index in [1.54, 1.807) is 0 Å². The molecule has 6 nitrogen and oxygen atoms in total. The van der Waals surface area contributed by atoms with Gasteiger partial charge in [0.2, 0.25) is 5.91 Å². The third-order valence-corrected chi connectivity index (χ3v) is 4.78. The van der Waals surface area contributed by atoms with E-state index in [1.165, 1.54) is 0 Å². The highest BCUT2D eigenvalue weighted by Crippen LogP contribution is 2.25. The van der Waals surface area contributed by atoms with Crippen LogP contribution in [0.5, 0.6) is 0 Å². The zero-order valence-corrected chi connectivity index (χ0v) is 14.6. The van der Waals surface area contributed by atoms with Gasteiger partial charge in [-0.2, -0.15) is 0 Å². The monoisotopic (exact) mass is 325 g/mol. The average Bonchev–Trinajstić information content (AvgIpc) is 2.92. The van der Waals surface area contributed by atoms with Crippen molar-refractivity contribution in [3.05, 3.63) is 0 Å². The maximum atomic E-state index is 12.3. The Morgan fingerprint density at radius 3 is 2.39 bits per heavy atom. The van der Waals surface area contributed by atoms with Gasteiger partial charge in [-0.05, 0) is 59.3 Å². The van der Waals surface area contributed by atoms with Crippen LogP contribution in [0.2, 0.25) is 0 Å². The Bertz CT molecular complexity index is 425. The number of nitrogens with one attached hydrogen (secondary N) is 1. The second-order valence-electron chi connectivity index (χ2n) is 7.83. The molecule has 1 atom stereocenters. The van der Waals surface area contributed by atoms with Crippen molar-refractivity contribution in [2.24, 2.45) is 11.7 Å². The maximum absolute atomic E-state index is 12.3. The van der Waals surface area contributed by atoms with Gasteiger partial charge in [0.1, 0.15) is 5.60 Å². The van der Waals surface area contributed by atoms with Gasteiger partial charge >= 0.3 is 6.09 Å². The van der Waals surface area contributed by atoms with Crippen LogP contribution in [0, 0.1) is 5.92 Å². The molecule has 0 radical (unpaired) electrons. The molecule has 3 N–H and O–H groups in total. The summed E-state index contributed by atoms with van der Waals surface area (Å²) in [4.78, 5) is 25.3. The van der Waals surface area contributed by atoms with Gasteiger partial charge in [-0.15, -0.1) is 0 Å². The summed E-state index contributed by atoms with van der Waals surface area (Å²) in [6.45, 7) is 7.25. The molecule has 23 heavy (non-hydrogen) atoms. The van der Waals surface area contributed by atoms with Crippen LogP contribution in [0.15, 0.2) is 0 Å². The van der Waals surface area contributed by atoms with Crippen LogP contribution in [0.4, 0.5) is 4.79 Å². The summed E-state index contributed by atoms with van der Waals surface area (Å²) in [6.07, 6.45) is 5.53. The predicted octanol–water partition coefficient (Wildman–Crippen LogP) is 2.02. The van der Waals surface area contributed by atoms with Crippen LogP contribution in [-0.2, 0) is 9.53 Å². The summed E-state index contributed by atoms with van der Waals surface area (Å²) < 4.78 is 5.49. The van der Waals surface area contributed by atoms with Crippen molar-refractivity contribution in [3.63, 3.8) is 0 Å². The molecule has 2 aliphatic rings. The van der Waals surface area contributed by atoms with Crippen LogP contribution in [0.1, 0.15) is 59.3 Å². The van der Waals surface area contributed by atoms with E-state index in [0.717, 1.165) is 51.6 Å². The summed E-state index contributed by atoms with van der Waals surface area (Å²) in [7, 11) is 0. The highest BCUT2D eigenvalue weighted by atomic mass is 16.6. The second kappa shape index (κ2) is 7.51. The third kappa shape index (κ3) is 5.37. The summed E-state index contributed by atoms with van der Waals surface area (Å²) in [5, 5.41) is 3.57. The number of hydrogen-bond donors (Lipinski definition) is 2. The normalized spacial score (nSPS) is 28.7. The lowest BCUT2D eigenvalue weighted by Crippen LogP contribution is -2.47. The van der Waals surface area contributed by atoms with Gasteiger partial charge in [0, 0.05) is 31.1 Å². The van der Waals surface area contributed by atoms with Gasteiger partial charge < -0.3 is 20.7 Å². The summed E-state index contributed by atoms with van der Waals surface area (Å²) in [5.41, 5.74) is 4.92. The number of primary amides is 1. The van der Waals surface area contributed by atoms with E-state index in [2.05, 4.69) is 5.32 Å². The van der Waals surface area contributed by atoms with E-state index in [4.69, 9.17) is 10.5 Å². The lowest BCUT2D eigenvalue weighted by atomic mass is 9.85. The summed E-state index contributed by atoms with van der Waals surface area (Å²) in [6, 6.07) is 0.630. The first-order valence-corrected chi connectivity index (χ1v) is 8.78. The number of hydrogen-bond acceptors (Lipinski definition) is 4. The SMILES string of the molecule is CC(C)(C)OC(=O)N1CCCC1CNC1CCC(C(N)=O)CC1. The summed E-state index contributed by atoms with van der Waals surface area (Å²) in [5.74, 6) is -0.131. The molecule has 1 aliphatic heterocycles. The number of carbonyl (C=O) groups excluding carboxylic acids is 2. The Morgan fingerprint density at radius 1 is 1.17 bits per heavy atom. The molecular formula is C17H31N3O3. The zero-order chi connectivity index (χ0) is 17.0. The Morgan fingerprint density at radius 2 is 1.83 bits per heavy atom. The number of ether oxygens (including phenoxy) is 1. The highest BCUT2D eigenvalue weighted by Gasteiger charge is 2.33. The van der Waals surface area contributed by atoms with Crippen molar-refractivity contribution in [3.8, 4) is 0 Å². The van der Waals surface area contributed by atoms with Crippen LogP contribution in [0.25, 0.3) is 0 Å². The largest absolute Gasteiger partial charge is 0.444 e. The smallest absolute Gasteiger partial charge is 0.410 e. The molecule has 1 saturated heterocycles. The molecule has 1 heterocycles. The molecule has 6 heteroatoms. The molecule has 0 aromatic rings. The number of nitrogens with two attached hydrogens (primary N) is 1. The van der Waals surface area contributed by atoms with E-state index < -0.39 is 5.60 Å². The van der Waals surface area contributed by atoms with Crippen LogP contribution in [-0.4, -0.2) is 47.7 Å². The Balaban J connectivity index is 1.76. The molecule has 2 rings (SSSR count).